The van der Waals surface area contributed by atoms with E-state index >= 15 is 0 Å². The fraction of sp³-hybridized carbons (Fsp3) is 0.167. The van der Waals surface area contributed by atoms with Gasteiger partial charge in [0.2, 0.25) is 0 Å². The Morgan fingerprint density at radius 3 is 2.61 bits per heavy atom. The molecule has 8 heteroatoms. The molecule has 38 heavy (non-hydrogen) atoms. The number of methoxy groups -OCH3 is 1. The molecule has 0 saturated carbocycles. The summed E-state index contributed by atoms with van der Waals surface area (Å²) in [6.07, 6.45) is 0.348. The van der Waals surface area contributed by atoms with Crippen molar-refractivity contribution < 1.29 is 23.5 Å². The molecule has 1 atom stereocenters. The number of aromatic nitrogens is 1. The highest BCUT2D eigenvalue weighted by Gasteiger charge is 2.37. The lowest BCUT2D eigenvalue weighted by atomic mass is 9.96. The minimum atomic E-state index is -0.758. The van der Waals surface area contributed by atoms with Crippen molar-refractivity contribution in [2.24, 2.45) is 0 Å². The second kappa shape index (κ2) is 9.55. The van der Waals surface area contributed by atoms with Crippen molar-refractivity contribution in [3.63, 3.8) is 0 Å². The predicted molar refractivity (Wildman–Crippen MR) is 142 cm³/mol. The zero-order chi connectivity index (χ0) is 26.2. The van der Waals surface area contributed by atoms with Crippen LogP contribution in [0.1, 0.15) is 11.3 Å². The third kappa shape index (κ3) is 4.20. The highest BCUT2D eigenvalue weighted by molar-refractivity contribution is 5.94. The highest BCUT2D eigenvalue weighted by Crippen LogP contribution is 2.32. The lowest BCUT2D eigenvalue weighted by Crippen LogP contribution is -2.50. The van der Waals surface area contributed by atoms with Gasteiger partial charge in [-0.25, -0.2) is 9.59 Å². The number of rotatable bonds is 5. The molecular weight excluding hydrogens is 484 g/mol. The van der Waals surface area contributed by atoms with Crippen molar-refractivity contribution >= 4 is 33.7 Å². The van der Waals surface area contributed by atoms with E-state index in [1.54, 1.807) is 18.2 Å². The minimum Gasteiger partial charge on any atom is -0.484 e. The van der Waals surface area contributed by atoms with Crippen molar-refractivity contribution in [3.05, 3.63) is 101 Å². The van der Waals surface area contributed by atoms with Crippen molar-refractivity contribution in [2.45, 2.75) is 19.0 Å². The largest absolute Gasteiger partial charge is 0.484 e. The first-order valence-electron chi connectivity index (χ1n) is 12.2. The van der Waals surface area contributed by atoms with Gasteiger partial charge in [-0.2, -0.15) is 0 Å². The molecule has 0 fully saturated rings. The molecule has 5 aromatic rings. The molecule has 3 aromatic carbocycles. The fourth-order valence-corrected chi connectivity index (χ4v) is 5.13. The van der Waals surface area contributed by atoms with Crippen molar-refractivity contribution in [2.75, 3.05) is 13.7 Å². The molecule has 190 valence electrons. The van der Waals surface area contributed by atoms with Gasteiger partial charge in [-0.15, -0.1) is 0 Å². The quantitative estimate of drug-likeness (QED) is 0.278. The van der Waals surface area contributed by atoms with Crippen LogP contribution in [0.5, 0.6) is 5.75 Å². The highest BCUT2D eigenvalue weighted by atomic mass is 16.5. The Kier molecular flexibility index (Phi) is 5.92. The second-order valence-corrected chi connectivity index (χ2v) is 9.18. The Labute approximate surface area is 217 Å². The Bertz CT molecular complexity index is 1740. The number of fused-ring (bicyclic) bond motifs is 4. The van der Waals surface area contributed by atoms with Crippen LogP contribution in [0, 0.1) is 0 Å². The van der Waals surface area contributed by atoms with Crippen LogP contribution in [0.2, 0.25) is 0 Å². The third-order valence-corrected chi connectivity index (χ3v) is 6.96. The van der Waals surface area contributed by atoms with Gasteiger partial charge in [-0.1, -0.05) is 48.5 Å². The minimum absolute atomic E-state index is 0.235. The molecule has 2 aromatic heterocycles. The van der Waals surface area contributed by atoms with Crippen LogP contribution in [-0.4, -0.2) is 41.5 Å². The number of amides is 1. The molecule has 8 nitrogen and oxygen atoms in total. The first-order chi connectivity index (χ1) is 18.5. The number of aromatic amines is 1. The second-order valence-electron chi connectivity index (χ2n) is 9.18. The van der Waals surface area contributed by atoms with Gasteiger partial charge in [0.25, 0.3) is 5.91 Å². The van der Waals surface area contributed by atoms with Crippen molar-refractivity contribution in [3.8, 4) is 16.9 Å². The zero-order valence-electron chi connectivity index (χ0n) is 20.6. The molecule has 0 spiro atoms. The summed E-state index contributed by atoms with van der Waals surface area (Å²) in [5.41, 5.74) is 4.38. The van der Waals surface area contributed by atoms with Gasteiger partial charge in [0.15, 0.2) is 6.61 Å². The number of esters is 1. The van der Waals surface area contributed by atoms with Crippen LogP contribution in [0.4, 0.5) is 0 Å². The van der Waals surface area contributed by atoms with E-state index in [1.807, 2.05) is 54.6 Å². The van der Waals surface area contributed by atoms with E-state index in [0.717, 1.165) is 38.7 Å². The lowest BCUT2D eigenvalue weighted by Gasteiger charge is -2.33. The molecule has 1 aliphatic rings. The lowest BCUT2D eigenvalue weighted by molar-refractivity contribution is -0.154. The number of nitrogens with zero attached hydrogens (tertiary/aromatic N) is 1. The molecule has 1 amide bonds. The Morgan fingerprint density at radius 1 is 1.00 bits per heavy atom. The number of nitrogens with one attached hydrogen (secondary N) is 1. The monoisotopic (exact) mass is 508 g/mol. The summed E-state index contributed by atoms with van der Waals surface area (Å²) in [6, 6.07) is 23.2. The number of para-hydroxylation sites is 1. The van der Waals surface area contributed by atoms with Gasteiger partial charge in [0.05, 0.1) is 13.7 Å². The summed E-state index contributed by atoms with van der Waals surface area (Å²) >= 11 is 0. The molecule has 0 aliphatic carbocycles. The van der Waals surface area contributed by atoms with E-state index in [2.05, 4.69) is 4.98 Å². The maximum atomic E-state index is 13.3. The van der Waals surface area contributed by atoms with E-state index in [-0.39, 0.29) is 19.1 Å². The zero-order valence-corrected chi connectivity index (χ0v) is 20.6. The molecule has 0 unspecified atom stereocenters. The van der Waals surface area contributed by atoms with Crippen molar-refractivity contribution in [1.29, 1.82) is 0 Å². The van der Waals surface area contributed by atoms with Gasteiger partial charge in [-0.05, 0) is 34.9 Å². The molecule has 3 heterocycles. The van der Waals surface area contributed by atoms with Crippen LogP contribution in [0.15, 0.2) is 88.1 Å². The van der Waals surface area contributed by atoms with E-state index < -0.39 is 17.6 Å². The Hall–Kier alpha value is -4.85. The standard InChI is InChI=1S/C30H24N2O6/c1-36-30(35)26-14-23-20-9-5-6-10-24(20)31-25(23)16-32(26)28(33)17-37-19-11-12-21-22(18-7-3-2-4-8-18)15-29(34)38-27(21)13-19/h2-13,15,26,31H,14,16-17H2,1H3/t26-/m0/s1. The van der Waals surface area contributed by atoms with Crippen LogP contribution in [-0.2, 0) is 27.3 Å². The van der Waals surface area contributed by atoms with Gasteiger partial charge in [0.1, 0.15) is 17.4 Å². The number of hydrogen-bond donors (Lipinski definition) is 1. The third-order valence-electron chi connectivity index (χ3n) is 6.96. The van der Waals surface area contributed by atoms with Gasteiger partial charge in [0, 0.05) is 40.5 Å². The summed E-state index contributed by atoms with van der Waals surface area (Å²) in [5, 5.41) is 1.79. The molecule has 1 aliphatic heterocycles. The average Bonchev–Trinajstić information content (AvgIpc) is 3.32. The maximum Gasteiger partial charge on any atom is 0.336 e. The van der Waals surface area contributed by atoms with E-state index in [1.165, 1.54) is 18.1 Å². The van der Waals surface area contributed by atoms with Gasteiger partial charge < -0.3 is 23.8 Å². The number of H-pyrrole nitrogens is 1. The molecule has 0 bridgehead atoms. The molecule has 6 rings (SSSR count). The molecule has 1 N–H and O–H groups in total. The number of benzene rings is 3. The summed E-state index contributed by atoms with van der Waals surface area (Å²) in [7, 11) is 1.32. The molecular formula is C30H24N2O6. The van der Waals surface area contributed by atoms with Gasteiger partial charge >= 0.3 is 11.6 Å². The number of ether oxygens (including phenoxy) is 2. The number of carbonyl (C=O) groups is 2. The average molecular weight is 509 g/mol. The van der Waals surface area contributed by atoms with E-state index in [0.29, 0.717) is 17.8 Å². The fourth-order valence-electron chi connectivity index (χ4n) is 5.13. The van der Waals surface area contributed by atoms with E-state index in [4.69, 9.17) is 13.9 Å². The maximum absolute atomic E-state index is 13.3. The normalized spacial score (nSPS) is 14.9. The number of carbonyl (C=O) groups excluding carboxylic acids is 2. The predicted octanol–water partition coefficient (Wildman–Crippen LogP) is 4.45. The summed E-state index contributed by atoms with van der Waals surface area (Å²) in [4.78, 5) is 43.0. The van der Waals surface area contributed by atoms with E-state index in [9.17, 15) is 14.4 Å². The SMILES string of the molecule is COC(=O)[C@@H]1Cc2c([nH]c3ccccc23)CN1C(=O)COc1ccc2c(-c3ccccc3)cc(=O)oc2c1. The first-order valence-corrected chi connectivity index (χ1v) is 12.2. The Morgan fingerprint density at radius 2 is 1.79 bits per heavy atom. The number of hydrogen-bond acceptors (Lipinski definition) is 6. The topological polar surface area (TPSA) is 102 Å². The summed E-state index contributed by atoms with van der Waals surface area (Å²) in [5.74, 6) is -0.461. The molecule has 0 saturated heterocycles. The smallest absolute Gasteiger partial charge is 0.336 e. The van der Waals surface area contributed by atoms with Crippen LogP contribution < -0.4 is 10.4 Å². The Balaban J connectivity index is 1.25. The first kappa shape index (κ1) is 23.5. The summed E-state index contributed by atoms with van der Waals surface area (Å²) in [6.45, 7) is -0.0593. The van der Waals surface area contributed by atoms with Crippen molar-refractivity contribution in [1.82, 2.24) is 9.88 Å². The molecule has 0 radical (unpaired) electrons. The van der Waals surface area contributed by atoms with Crippen LogP contribution >= 0.6 is 0 Å². The van der Waals surface area contributed by atoms with Gasteiger partial charge in [-0.3, -0.25) is 4.79 Å². The van der Waals surface area contributed by atoms with Crippen LogP contribution in [0.25, 0.3) is 33.0 Å². The van der Waals surface area contributed by atoms with Crippen LogP contribution in [0.3, 0.4) is 0 Å². The summed E-state index contributed by atoms with van der Waals surface area (Å²) < 4.78 is 16.2.